The second-order valence-corrected chi connectivity index (χ2v) is 5.48. The van der Waals surface area contributed by atoms with Crippen LogP contribution in [-0.2, 0) is 9.59 Å². The van der Waals surface area contributed by atoms with E-state index in [1.807, 2.05) is 32.0 Å². The molecule has 0 radical (unpaired) electrons. The predicted octanol–water partition coefficient (Wildman–Crippen LogP) is 2.32. The molecule has 1 aromatic carbocycles. The first-order valence-corrected chi connectivity index (χ1v) is 7.12. The van der Waals surface area contributed by atoms with E-state index < -0.39 is 18.0 Å². The highest BCUT2D eigenvalue weighted by molar-refractivity contribution is 5.81. The number of carboxylic acids is 1. The van der Waals surface area contributed by atoms with Crippen LogP contribution in [0.5, 0.6) is 5.75 Å². The van der Waals surface area contributed by atoms with Gasteiger partial charge >= 0.3 is 5.97 Å². The summed E-state index contributed by atoms with van der Waals surface area (Å²) in [7, 11) is 0. The lowest BCUT2D eigenvalue weighted by Crippen LogP contribution is -2.40. The lowest BCUT2D eigenvalue weighted by molar-refractivity contribution is -0.142. The van der Waals surface area contributed by atoms with Crippen LogP contribution in [0.25, 0.3) is 0 Å². The number of para-hydroxylation sites is 1. The first-order valence-electron chi connectivity index (χ1n) is 7.12. The second-order valence-electron chi connectivity index (χ2n) is 5.48. The Morgan fingerprint density at radius 3 is 2.33 bits per heavy atom. The molecule has 0 aliphatic rings. The monoisotopic (exact) mass is 293 g/mol. The molecule has 0 saturated heterocycles. The predicted molar refractivity (Wildman–Crippen MR) is 80.1 cm³/mol. The molecule has 116 valence electrons. The number of carboxylic acid groups (broad SMARTS) is 1. The lowest BCUT2D eigenvalue weighted by Gasteiger charge is -2.18. The van der Waals surface area contributed by atoms with Gasteiger partial charge in [-0.1, -0.05) is 32.0 Å². The van der Waals surface area contributed by atoms with E-state index in [9.17, 15) is 9.59 Å². The van der Waals surface area contributed by atoms with E-state index in [2.05, 4.69) is 5.32 Å². The van der Waals surface area contributed by atoms with Crippen molar-refractivity contribution >= 4 is 11.9 Å². The molecule has 1 aromatic rings. The SMILES string of the molecule is CC(C)CC(CNC(=O)C(C)Oc1ccccc1)C(=O)O. The van der Waals surface area contributed by atoms with E-state index in [0.717, 1.165) is 0 Å². The van der Waals surface area contributed by atoms with Gasteiger partial charge in [0.05, 0.1) is 5.92 Å². The second kappa shape index (κ2) is 8.29. The van der Waals surface area contributed by atoms with E-state index in [-0.39, 0.29) is 18.4 Å². The molecule has 0 aromatic heterocycles. The van der Waals surface area contributed by atoms with E-state index in [4.69, 9.17) is 9.84 Å². The molecule has 5 heteroatoms. The Morgan fingerprint density at radius 2 is 1.81 bits per heavy atom. The highest BCUT2D eigenvalue weighted by Crippen LogP contribution is 2.12. The van der Waals surface area contributed by atoms with Gasteiger partial charge in [-0.2, -0.15) is 0 Å². The molecule has 0 spiro atoms. The summed E-state index contributed by atoms with van der Waals surface area (Å²) >= 11 is 0. The molecule has 2 N–H and O–H groups in total. The third kappa shape index (κ3) is 6.29. The van der Waals surface area contributed by atoms with Crippen LogP contribution in [-0.4, -0.2) is 29.6 Å². The van der Waals surface area contributed by atoms with Gasteiger partial charge in [0.25, 0.3) is 5.91 Å². The number of carbonyl (C=O) groups excluding carboxylic acids is 1. The van der Waals surface area contributed by atoms with Gasteiger partial charge in [-0.3, -0.25) is 9.59 Å². The van der Waals surface area contributed by atoms with Crippen molar-refractivity contribution in [3.63, 3.8) is 0 Å². The van der Waals surface area contributed by atoms with Crippen LogP contribution in [0.2, 0.25) is 0 Å². The molecule has 0 bridgehead atoms. The van der Waals surface area contributed by atoms with Gasteiger partial charge in [0.2, 0.25) is 0 Å². The maximum atomic E-state index is 11.9. The topological polar surface area (TPSA) is 75.6 Å². The minimum atomic E-state index is -0.888. The van der Waals surface area contributed by atoms with Crippen LogP contribution < -0.4 is 10.1 Å². The van der Waals surface area contributed by atoms with Gasteiger partial charge in [0.1, 0.15) is 5.75 Å². The van der Waals surface area contributed by atoms with Gasteiger partial charge in [0, 0.05) is 6.54 Å². The van der Waals surface area contributed by atoms with Crippen LogP contribution in [0.4, 0.5) is 0 Å². The summed E-state index contributed by atoms with van der Waals surface area (Å²) in [5.74, 6) is -0.898. The number of aliphatic carboxylic acids is 1. The van der Waals surface area contributed by atoms with Crippen molar-refractivity contribution in [1.82, 2.24) is 5.32 Å². The Balaban J connectivity index is 2.46. The van der Waals surface area contributed by atoms with Crippen LogP contribution in [0, 0.1) is 11.8 Å². The van der Waals surface area contributed by atoms with E-state index >= 15 is 0 Å². The Bertz CT molecular complexity index is 459. The zero-order valence-corrected chi connectivity index (χ0v) is 12.7. The summed E-state index contributed by atoms with van der Waals surface area (Å²) in [6, 6.07) is 9.04. The fourth-order valence-electron chi connectivity index (χ4n) is 1.96. The number of hydrogen-bond acceptors (Lipinski definition) is 3. The minimum absolute atomic E-state index is 0.120. The van der Waals surface area contributed by atoms with Gasteiger partial charge in [-0.25, -0.2) is 0 Å². The molecule has 1 amide bonds. The average Bonchev–Trinajstić information content (AvgIpc) is 2.43. The number of carbonyl (C=O) groups is 2. The van der Waals surface area contributed by atoms with Gasteiger partial charge in [0.15, 0.2) is 6.10 Å². The number of nitrogens with one attached hydrogen (secondary N) is 1. The van der Waals surface area contributed by atoms with Crippen molar-refractivity contribution in [2.24, 2.45) is 11.8 Å². The fraction of sp³-hybridized carbons (Fsp3) is 0.500. The number of rotatable bonds is 8. The maximum Gasteiger partial charge on any atom is 0.308 e. The molecule has 0 heterocycles. The zero-order chi connectivity index (χ0) is 15.8. The van der Waals surface area contributed by atoms with Crippen LogP contribution >= 0.6 is 0 Å². The van der Waals surface area contributed by atoms with Crippen molar-refractivity contribution < 1.29 is 19.4 Å². The zero-order valence-electron chi connectivity index (χ0n) is 12.7. The highest BCUT2D eigenvalue weighted by atomic mass is 16.5. The largest absolute Gasteiger partial charge is 0.481 e. The first kappa shape index (κ1) is 17.0. The average molecular weight is 293 g/mol. The van der Waals surface area contributed by atoms with E-state index in [0.29, 0.717) is 12.2 Å². The van der Waals surface area contributed by atoms with Crippen LogP contribution in [0.3, 0.4) is 0 Å². The number of amides is 1. The number of hydrogen-bond donors (Lipinski definition) is 2. The molecule has 1 rings (SSSR count). The van der Waals surface area contributed by atoms with Crippen LogP contribution in [0.1, 0.15) is 27.2 Å². The molecule has 0 aliphatic carbocycles. The van der Waals surface area contributed by atoms with Crippen molar-refractivity contribution in [3.8, 4) is 5.75 Å². The Morgan fingerprint density at radius 1 is 1.19 bits per heavy atom. The fourth-order valence-corrected chi connectivity index (χ4v) is 1.96. The van der Waals surface area contributed by atoms with Crippen LogP contribution in [0.15, 0.2) is 30.3 Å². The highest BCUT2D eigenvalue weighted by Gasteiger charge is 2.21. The summed E-state index contributed by atoms with van der Waals surface area (Å²) in [4.78, 5) is 23.1. The molecule has 0 aliphatic heterocycles. The maximum absolute atomic E-state index is 11.9. The molecular weight excluding hydrogens is 270 g/mol. The van der Waals surface area contributed by atoms with Gasteiger partial charge < -0.3 is 15.2 Å². The molecule has 0 saturated carbocycles. The third-order valence-corrected chi connectivity index (χ3v) is 3.05. The first-order chi connectivity index (χ1) is 9.90. The Labute approximate surface area is 125 Å². The quantitative estimate of drug-likeness (QED) is 0.771. The molecule has 2 unspecified atom stereocenters. The van der Waals surface area contributed by atoms with Crippen molar-refractivity contribution in [2.45, 2.75) is 33.3 Å². The van der Waals surface area contributed by atoms with E-state index in [1.54, 1.807) is 19.1 Å². The normalized spacial score (nSPS) is 13.5. The summed E-state index contributed by atoms with van der Waals surface area (Å²) in [6.45, 7) is 5.67. The minimum Gasteiger partial charge on any atom is -0.481 e. The summed E-state index contributed by atoms with van der Waals surface area (Å²) in [6.07, 6.45) is -0.135. The third-order valence-electron chi connectivity index (χ3n) is 3.05. The smallest absolute Gasteiger partial charge is 0.308 e. The summed E-state index contributed by atoms with van der Waals surface area (Å²) in [5.41, 5.74) is 0. The molecule has 21 heavy (non-hydrogen) atoms. The summed E-state index contributed by atoms with van der Waals surface area (Å²) < 4.78 is 5.49. The Hall–Kier alpha value is -2.04. The standard InChI is InChI=1S/C16H23NO4/c1-11(2)9-13(16(19)20)10-17-15(18)12(3)21-14-7-5-4-6-8-14/h4-8,11-13H,9-10H2,1-3H3,(H,17,18)(H,19,20). The number of benzene rings is 1. The van der Waals surface area contributed by atoms with Crippen molar-refractivity contribution in [2.75, 3.05) is 6.54 Å². The van der Waals surface area contributed by atoms with Crippen molar-refractivity contribution in [1.29, 1.82) is 0 Å². The molecule has 0 fully saturated rings. The molecular formula is C16H23NO4. The molecule has 2 atom stereocenters. The Kier molecular flexibility index (Phi) is 6.72. The number of ether oxygens (including phenoxy) is 1. The lowest BCUT2D eigenvalue weighted by atomic mass is 9.97. The van der Waals surface area contributed by atoms with Crippen molar-refractivity contribution in [3.05, 3.63) is 30.3 Å². The van der Waals surface area contributed by atoms with E-state index in [1.165, 1.54) is 0 Å². The van der Waals surface area contributed by atoms with Gasteiger partial charge in [-0.15, -0.1) is 0 Å². The molecule has 5 nitrogen and oxygen atoms in total. The van der Waals surface area contributed by atoms with Gasteiger partial charge in [-0.05, 0) is 31.4 Å². The summed E-state index contributed by atoms with van der Waals surface area (Å²) in [5, 5.41) is 11.8.